The van der Waals surface area contributed by atoms with Gasteiger partial charge < -0.3 is 18.2 Å². The molecule has 1 aromatic rings. The molecule has 0 saturated carbocycles. The quantitative estimate of drug-likeness (QED) is 0.363. The van der Waals surface area contributed by atoms with Crippen LogP contribution in [0.5, 0.6) is 0 Å². The molecule has 0 nitrogen and oxygen atoms in total. The van der Waals surface area contributed by atoms with Gasteiger partial charge in [-0.05, 0) is 0 Å². The Morgan fingerprint density at radius 3 is 1.27 bits per heavy atom. The molecule has 0 aliphatic carbocycles. The van der Waals surface area contributed by atoms with Crippen LogP contribution in [-0.4, -0.2) is 0 Å². The molecule has 0 amide bonds. The van der Waals surface area contributed by atoms with Crippen molar-refractivity contribution in [3.63, 3.8) is 0 Å². The molecule has 6 radical (unpaired) electrons. The van der Waals surface area contributed by atoms with Crippen molar-refractivity contribution in [2.24, 2.45) is 0 Å². The van der Waals surface area contributed by atoms with E-state index in [-0.39, 0.29) is 196 Å². The molecule has 1 aromatic carbocycles. The minimum atomic E-state index is 0. The first kappa shape index (κ1) is 37.5. The zero-order chi connectivity index (χ0) is 6.85. The maximum absolute atomic E-state index is 3.42. The summed E-state index contributed by atoms with van der Waals surface area (Å²) in [5.74, 6) is 0. The van der Waals surface area contributed by atoms with E-state index in [4.69, 9.17) is 0 Å². The standard InChI is InChI=1S/C8H7Br.6Y/c1-6-4-3-5-7(2)8(6)9;;;;;;/h3H,1-2H3;;;;;;/q-2;;;;;;. The van der Waals surface area contributed by atoms with Crippen LogP contribution in [0.15, 0.2) is 10.5 Å². The van der Waals surface area contributed by atoms with Crippen molar-refractivity contribution in [1.29, 1.82) is 0 Å². The smallest absolute Gasteiger partial charge is 0 e. The molecule has 0 unspecified atom stereocenters. The number of aryl methyl sites for hydroxylation is 2. The molecule has 0 aliphatic rings. The minimum absolute atomic E-state index is 0. The SMILES string of the molecule is Cc1[c-]c[c-]c(C)c1Br.[Y].[Y].[Y].[Y].[Y].[Y]. The number of benzene rings is 1. The molecule has 0 aliphatic heterocycles. The number of hydrogen-bond acceptors (Lipinski definition) is 0. The second-order valence-corrected chi connectivity index (χ2v) is 2.79. The molecule has 1 rings (SSSR count). The minimum Gasteiger partial charge on any atom is -0.355 e. The van der Waals surface area contributed by atoms with Gasteiger partial charge in [0.05, 0.1) is 0 Å². The van der Waals surface area contributed by atoms with E-state index in [9.17, 15) is 0 Å². The summed E-state index contributed by atoms with van der Waals surface area (Å²) in [5.41, 5.74) is 2.29. The second-order valence-electron chi connectivity index (χ2n) is 2.00. The third kappa shape index (κ3) is 16.5. The van der Waals surface area contributed by atoms with Crippen LogP contribution in [0, 0.1) is 26.0 Å². The molecular weight excluding hydrogens is 709 g/mol. The summed E-state index contributed by atoms with van der Waals surface area (Å²) in [6.07, 6.45) is 0. The van der Waals surface area contributed by atoms with Crippen molar-refractivity contribution in [3.8, 4) is 0 Å². The summed E-state index contributed by atoms with van der Waals surface area (Å²) in [7, 11) is 0. The Morgan fingerprint density at radius 1 is 0.800 bits per heavy atom. The third-order valence-electron chi connectivity index (χ3n) is 1.24. The molecule has 0 atom stereocenters. The molecule has 0 heterocycles. The first-order chi connectivity index (χ1) is 4.22. The van der Waals surface area contributed by atoms with Crippen molar-refractivity contribution in [2.45, 2.75) is 13.8 Å². The van der Waals surface area contributed by atoms with E-state index in [1.807, 2.05) is 19.9 Å². The maximum Gasteiger partial charge on any atom is 0 e. The molecule has 0 fully saturated rings. The van der Waals surface area contributed by atoms with Crippen LogP contribution in [0.1, 0.15) is 11.1 Å². The van der Waals surface area contributed by atoms with Crippen LogP contribution >= 0.6 is 15.9 Å². The molecule has 0 spiro atoms. The Bertz CT molecular complexity index is 210. The molecule has 66 valence electrons. The maximum atomic E-state index is 3.42. The first-order valence-corrected chi connectivity index (χ1v) is 3.56. The van der Waals surface area contributed by atoms with E-state index < -0.39 is 0 Å². The number of hydrogen-bond donors (Lipinski definition) is 0. The Labute approximate surface area is 252 Å². The van der Waals surface area contributed by atoms with Gasteiger partial charge in [-0.15, -0.1) is 0 Å². The summed E-state index contributed by atoms with van der Waals surface area (Å²) in [4.78, 5) is 0. The fourth-order valence-corrected chi connectivity index (χ4v) is 0.889. The molecule has 0 saturated heterocycles. The summed E-state index contributed by atoms with van der Waals surface area (Å²) in [6, 6.07) is 7.89. The van der Waals surface area contributed by atoms with E-state index >= 15 is 0 Å². The molecular formula is C8H7BrY6-2. The average molecular weight is 716 g/mol. The van der Waals surface area contributed by atoms with Crippen LogP contribution in [0.25, 0.3) is 0 Å². The summed E-state index contributed by atoms with van der Waals surface area (Å²) in [6.45, 7) is 4.04. The van der Waals surface area contributed by atoms with Crippen molar-refractivity contribution < 1.29 is 196 Å². The fraction of sp³-hybridized carbons (Fsp3) is 0.250. The average Bonchev–Trinajstić information content (AvgIpc) is 1.83. The number of rotatable bonds is 0. The topological polar surface area (TPSA) is 0 Å². The second kappa shape index (κ2) is 22.6. The van der Waals surface area contributed by atoms with E-state index in [0.717, 1.165) is 15.6 Å². The van der Waals surface area contributed by atoms with Crippen LogP contribution in [0.3, 0.4) is 0 Å². The van der Waals surface area contributed by atoms with Gasteiger partial charge in [-0.25, -0.2) is 20.4 Å². The summed E-state index contributed by atoms with van der Waals surface area (Å²) < 4.78 is 1.12. The van der Waals surface area contributed by atoms with Gasteiger partial charge in [0.15, 0.2) is 0 Å². The summed E-state index contributed by atoms with van der Waals surface area (Å²) >= 11 is 3.42. The van der Waals surface area contributed by atoms with E-state index in [0.29, 0.717) is 0 Å². The summed E-state index contributed by atoms with van der Waals surface area (Å²) in [5, 5.41) is 0. The van der Waals surface area contributed by atoms with Crippen LogP contribution in [0.4, 0.5) is 0 Å². The Balaban J connectivity index is -0.0000000337. The molecule has 0 bridgehead atoms. The van der Waals surface area contributed by atoms with Crippen molar-refractivity contribution in [2.75, 3.05) is 0 Å². The number of halogens is 1. The van der Waals surface area contributed by atoms with E-state index in [1.165, 1.54) is 0 Å². The fourth-order valence-electron chi connectivity index (χ4n) is 0.661. The third-order valence-corrected chi connectivity index (χ3v) is 2.43. The van der Waals surface area contributed by atoms with E-state index in [1.54, 1.807) is 0 Å². The molecule has 15 heavy (non-hydrogen) atoms. The predicted molar refractivity (Wildman–Crippen MR) is 41.3 cm³/mol. The van der Waals surface area contributed by atoms with Crippen molar-refractivity contribution in [1.82, 2.24) is 0 Å². The molecule has 0 N–H and O–H groups in total. The van der Waals surface area contributed by atoms with Crippen molar-refractivity contribution >= 4 is 15.9 Å². The van der Waals surface area contributed by atoms with Gasteiger partial charge in [-0.3, -0.25) is 11.1 Å². The van der Waals surface area contributed by atoms with Crippen molar-refractivity contribution in [3.05, 3.63) is 33.8 Å². The van der Waals surface area contributed by atoms with Crippen LogP contribution < -0.4 is 0 Å². The first-order valence-electron chi connectivity index (χ1n) is 2.77. The molecule has 0 aromatic heterocycles. The van der Waals surface area contributed by atoms with Gasteiger partial charge in [-0.2, -0.15) is 0 Å². The van der Waals surface area contributed by atoms with Gasteiger partial charge in [0.2, 0.25) is 0 Å². The predicted octanol–water partition coefficient (Wildman–Crippen LogP) is 2.65. The van der Waals surface area contributed by atoms with Gasteiger partial charge in [0.25, 0.3) is 0 Å². The van der Waals surface area contributed by atoms with Gasteiger partial charge >= 0.3 is 0 Å². The Morgan fingerprint density at radius 2 is 1.07 bits per heavy atom. The van der Waals surface area contributed by atoms with Crippen LogP contribution in [0.2, 0.25) is 0 Å². The normalized spacial score (nSPS) is 5.80. The van der Waals surface area contributed by atoms with E-state index in [2.05, 4.69) is 28.1 Å². The molecule has 7 heteroatoms. The van der Waals surface area contributed by atoms with Gasteiger partial charge in [-0.1, -0.05) is 13.8 Å². The largest absolute Gasteiger partial charge is 0.355 e. The Hall–Kier alpha value is 6.32. The Kier molecular flexibility index (Phi) is 56.5. The van der Waals surface area contributed by atoms with Gasteiger partial charge in [0, 0.05) is 196 Å². The van der Waals surface area contributed by atoms with Crippen LogP contribution in [-0.2, 0) is 196 Å². The van der Waals surface area contributed by atoms with Gasteiger partial charge in [0.1, 0.15) is 0 Å². The monoisotopic (exact) mass is 715 g/mol. The zero-order valence-electron chi connectivity index (χ0n) is 8.92. The zero-order valence-corrected chi connectivity index (χ0v) is 27.5.